The van der Waals surface area contributed by atoms with E-state index in [0.717, 1.165) is 19.5 Å². The first-order chi connectivity index (χ1) is 8.26. The maximum atomic E-state index is 6.40. The Kier molecular flexibility index (Phi) is 3.42. The molecule has 3 rings (SSSR count). The summed E-state index contributed by atoms with van der Waals surface area (Å²) in [6.45, 7) is 3.37. The van der Waals surface area contributed by atoms with E-state index in [1.54, 1.807) is 0 Å². The Bertz CT molecular complexity index is 263. The van der Waals surface area contributed by atoms with Crippen LogP contribution >= 0.6 is 0 Å². The third-order valence-corrected chi connectivity index (χ3v) is 4.87. The van der Waals surface area contributed by atoms with Crippen molar-refractivity contribution in [1.82, 2.24) is 4.90 Å². The van der Waals surface area contributed by atoms with Crippen molar-refractivity contribution in [2.24, 2.45) is 5.73 Å². The molecule has 1 saturated carbocycles. The van der Waals surface area contributed by atoms with Gasteiger partial charge in [0.15, 0.2) is 0 Å². The van der Waals surface area contributed by atoms with Crippen LogP contribution in [0.1, 0.15) is 51.4 Å². The highest BCUT2D eigenvalue weighted by Gasteiger charge is 2.41. The molecule has 1 spiro atoms. The third-order valence-electron chi connectivity index (χ3n) is 4.87. The number of hydrogen-bond donors (Lipinski definition) is 1. The Hall–Kier alpha value is -0.120. The van der Waals surface area contributed by atoms with Gasteiger partial charge in [-0.05, 0) is 38.6 Å². The molecule has 3 heteroatoms. The fourth-order valence-electron chi connectivity index (χ4n) is 3.90. The molecule has 1 aliphatic carbocycles. The lowest BCUT2D eigenvalue weighted by molar-refractivity contribution is -0.0704. The van der Waals surface area contributed by atoms with Crippen LogP contribution < -0.4 is 5.73 Å². The minimum Gasteiger partial charge on any atom is -0.370 e. The van der Waals surface area contributed by atoms with E-state index in [-0.39, 0.29) is 5.60 Å². The molecule has 0 aromatic rings. The van der Waals surface area contributed by atoms with Crippen LogP contribution in [-0.4, -0.2) is 42.3 Å². The van der Waals surface area contributed by atoms with Gasteiger partial charge in [0.1, 0.15) is 0 Å². The van der Waals surface area contributed by atoms with Gasteiger partial charge in [-0.1, -0.05) is 19.3 Å². The summed E-state index contributed by atoms with van der Waals surface area (Å²) in [5.74, 6) is 0. The summed E-state index contributed by atoms with van der Waals surface area (Å²) < 4.78 is 6.40. The topological polar surface area (TPSA) is 38.5 Å². The average Bonchev–Trinajstić information content (AvgIpc) is 2.89. The van der Waals surface area contributed by atoms with Gasteiger partial charge in [-0.15, -0.1) is 0 Å². The van der Waals surface area contributed by atoms with Gasteiger partial charge in [0.05, 0.1) is 11.7 Å². The van der Waals surface area contributed by atoms with Crippen LogP contribution in [0.4, 0.5) is 0 Å². The second kappa shape index (κ2) is 4.87. The summed E-state index contributed by atoms with van der Waals surface area (Å²) in [6, 6.07) is 0.403. The molecule has 0 aromatic heterocycles. The highest BCUT2D eigenvalue weighted by atomic mass is 16.5. The summed E-state index contributed by atoms with van der Waals surface area (Å²) in [6.07, 6.45) is 11.0. The average molecular weight is 238 g/mol. The van der Waals surface area contributed by atoms with E-state index in [0.29, 0.717) is 12.1 Å². The van der Waals surface area contributed by atoms with E-state index >= 15 is 0 Å². The van der Waals surface area contributed by atoms with Crippen LogP contribution in [-0.2, 0) is 4.74 Å². The first-order valence-electron chi connectivity index (χ1n) is 7.42. The number of nitrogens with zero attached hydrogens (tertiary/aromatic N) is 1. The van der Waals surface area contributed by atoms with Gasteiger partial charge >= 0.3 is 0 Å². The zero-order valence-corrected chi connectivity index (χ0v) is 10.9. The molecule has 1 unspecified atom stereocenters. The Balaban J connectivity index is 1.50. The molecule has 0 radical (unpaired) electrons. The van der Waals surface area contributed by atoms with E-state index < -0.39 is 0 Å². The van der Waals surface area contributed by atoms with E-state index in [1.807, 2.05) is 0 Å². The third kappa shape index (κ3) is 2.67. The number of rotatable bonds is 2. The highest BCUT2D eigenvalue weighted by Crippen LogP contribution is 2.42. The lowest BCUT2D eigenvalue weighted by Crippen LogP contribution is -2.36. The molecule has 2 heterocycles. The second-order valence-electron chi connectivity index (χ2n) is 6.33. The Morgan fingerprint density at radius 1 is 1.12 bits per heavy atom. The number of likely N-dealkylation sites (tertiary alicyclic amines) is 1. The van der Waals surface area contributed by atoms with Crippen molar-refractivity contribution in [2.45, 2.75) is 69.1 Å². The summed E-state index contributed by atoms with van der Waals surface area (Å²) in [7, 11) is 0. The van der Waals surface area contributed by atoms with Crippen molar-refractivity contribution in [1.29, 1.82) is 0 Å². The molecule has 2 aliphatic heterocycles. The van der Waals surface area contributed by atoms with Gasteiger partial charge in [-0.2, -0.15) is 0 Å². The van der Waals surface area contributed by atoms with E-state index in [4.69, 9.17) is 10.5 Å². The Morgan fingerprint density at radius 2 is 1.94 bits per heavy atom. The molecular weight excluding hydrogens is 212 g/mol. The summed E-state index contributed by atoms with van der Waals surface area (Å²) in [5, 5.41) is 0. The fourth-order valence-corrected chi connectivity index (χ4v) is 3.90. The number of ether oxygens (including phenoxy) is 1. The van der Waals surface area contributed by atoms with Crippen LogP contribution in [0, 0.1) is 0 Å². The normalized spacial score (nSPS) is 37.9. The van der Waals surface area contributed by atoms with Crippen molar-refractivity contribution >= 4 is 0 Å². The molecule has 3 aliphatic rings. The Labute approximate surface area is 105 Å². The van der Waals surface area contributed by atoms with E-state index in [1.165, 1.54) is 51.5 Å². The molecule has 0 bridgehead atoms. The monoisotopic (exact) mass is 238 g/mol. The molecule has 98 valence electrons. The second-order valence-corrected chi connectivity index (χ2v) is 6.33. The van der Waals surface area contributed by atoms with Crippen molar-refractivity contribution in [2.75, 3.05) is 19.6 Å². The SMILES string of the molecule is N[C@@H]1CCN(CC2CCC3(CCCCC3)O2)C1. The first-order valence-corrected chi connectivity index (χ1v) is 7.42. The lowest BCUT2D eigenvalue weighted by Gasteiger charge is -2.34. The van der Waals surface area contributed by atoms with Gasteiger partial charge in [0.2, 0.25) is 0 Å². The highest BCUT2D eigenvalue weighted by molar-refractivity contribution is 4.92. The molecule has 3 fully saturated rings. The van der Waals surface area contributed by atoms with Gasteiger partial charge < -0.3 is 10.5 Å². The standard InChI is InChI=1S/C14H26N2O/c15-12-5-9-16(10-12)11-13-4-8-14(17-13)6-2-1-3-7-14/h12-13H,1-11,15H2/t12-,13?/m1/s1. The first kappa shape index (κ1) is 11.9. The van der Waals surface area contributed by atoms with Crippen LogP contribution in [0.3, 0.4) is 0 Å². The van der Waals surface area contributed by atoms with Crippen molar-refractivity contribution in [3.63, 3.8) is 0 Å². The van der Waals surface area contributed by atoms with E-state index in [9.17, 15) is 0 Å². The molecular formula is C14H26N2O. The molecule has 2 saturated heterocycles. The Morgan fingerprint density at radius 3 is 2.65 bits per heavy atom. The molecule has 0 amide bonds. The fraction of sp³-hybridized carbons (Fsp3) is 1.00. The smallest absolute Gasteiger partial charge is 0.0710 e. The molecule has 2 N–H and O–H groups in total. The lowest BCUT2D eigenvalue weighted by atomic mass is 9.83. The van der Waals surface area contributed by atoms with Crippen LogP contribution in [0.25, 0.3) is 0 Å². The van der Waals surface area contributed by atoms with Gasteiger partial charge in [0.25, 0.3) is 0 Å². The molecule has 0 aromatic carbocycles. The maximum Gasteiger partial charge on any atom is 0.0710 e. The minimum atomic E-state index is 0.282. The minimum absolute atomic E-state index is 0.282. The maximum absolute atomic E-state index is 6.40. The predicted molar refractivity (Wildman–Crippen MR) is 69.0 cm³/mol. The predicted octanol–water partition coefficient (Wildman–Crippen LogP) is 1.90. The van der Waals surface area contributed by atoms with Crippen molar-refractivity contribution in [3.05, 3.63) is 0 Å². The van der Waals surface area contributed by atoms with Crippen LogP contribution in [0.15, 0.2) is 0 Å². The summed E-state index contributed by atoms with van der Waals surface area (Å²) >= 11 is 0. The zero-order valence-electron chi connectivity index (χ0n) is 10.9. The molecule has 17 heavy (non-hydrogen) atoms. The number of nitrogens with two attached hydrogens (primary N) is 1. The van der Waals surface area contributed by atoms with Gasteiger partial charge in [-0.25, -0.2) is 0 Å². The summed E-state index contributed by atoms with van der Waals surface area (Å²) in [4.78, 5) is 2.50. The van der Waals surface area contributed by atoms with Crippen LogP contribution in [0.2, 0.25) is 0 Å². The molecule has 2 atom stereocenters. The van der Waals surface area contributed by atoms with Crippen molar-refractivity contribution < 1.29 is 4.74 Å². The quantitative estimate of drug-likeness (QED) is 0.798. The summed E-state index contributed by atoms with van der Waals surface area (Å²) in [5.41, 5.74) is 6.24. The van der Waals surface area contributed by atoms with Crippen molar-refractivity contribution in [3.8, 4) is 0 Å². The van der Waals surface area contributed by atoms with Gasteiger partial charge in [-0.3, -0.25) is 4.90 Å². The zero-order chi connectivity index (χ0) is 11.7. The number of hydrogen-bond acceptors (Lipinski definition) is 3. The van der Waals surface area contributed by atoms with Crippen LogP contribution in [0.5, 0.6) is 0 Å². The van der Waals surface area contributed by atoms with E-state index in [2.05, 4.69) is 4.90 Å². The largest absolute Gasteiger partial charge is 0.370 e. The molecule has 3 nitrogen and oxygen atoms in total. The van der Waals surface area contributed by atoms with Gasteiger partial charge in [0, 0.05) is 19.1 Å².